The molecule has 0 aliphatic heterocycles. The molecule has 6 aromatic rings. The van der Waals surface area contributed by atoms with Crippen LogP contribution in [0.25, 0.3) is 0 Å². The van der Waals surface area contributed by atoms with Crippen LogP contribution in [0, 0.1) is 20.8 Å². The lowest BCUT2D eigenvalue weighted by atomic mass is 9.79. The van der Waals surface area contributed by atoms with Gasteiger partial charge in [-0.15, -0.1) is 0 Å². The summed E-state index contributed by atoms with van der Waals surface area (Å²) in [5.74, 6) is 0.0209. The van der Waals surface area contributed by atoms with Crippen molar-refractivity contribution < 1.29 is 0 Å². The van der Waals surface area contributed by atoms with Crippen molar-refractivity contribution in [2.75, 3.05) is 16.0 Å². The summed E-state index contributed by atoms with van der Waals surface area (Å²) in [6, 6.07) is 51.2. The maximum absolute atomic E-state index is 3.62. The second-order valence-corrected chi connectivity index (χ2v) is 11.1. The van der Waals surface area contributed by atoms with Crippen molar-refractivity contribution in [1.29, 1.82) is 0 Å². The number of hydrogen-bond donors (Lipinski definition) is 3. The molecule has 0 bridgehead atoms. The summed E-state index contributed by atoms with van der Waals surface area (Å²) in [5, 5.41) is 10.9. The van der Waals surface area contributed by atoms with E-state index in [1.54, 1.807) is 0 Å². The molecule has 0 unspecified atom stereocenters. The topological polar surface area (TPSA) is 36.1 Å². The van der Waals surface area contributed by atoms with E-state index in [2.05, 4.69) is 164 Å². The standard InChI is InChI=1S/C40H37N3/c1-28-19-22-34(41-31-13-7-4-8-14-31)25-37(28)40(38-26-35(23-20-29(38)2)42-32-15-9-5-10-16-32)39-27-36(24-21-30(39)3)43-33-17-11-6-12-18-33/h4-27,40-43H,1-3H3. The molecule has 0 amide bonds. The maximum Gasteiger partial charge on any atom is 0.0387 e. The largest absolute Gasteiger partial charge is 0.356 e. The average molecular weight is 560 g/mol. The van der Waals surface area contributed by atoms with E-state index in [9.17, 15) is 0 Å². The van der Waals surface area contributed by atoms with E-state index in [-0.39, 0.29) is 5.92 Å². The van der Waals surface area contributed by atoms with E-state index in [0.29, 0.717) is 0 Å². The summed E-state index contributed by atoms with van der Waals surface area (Å²) in [4.78, 5) is 0. The lowest BCUT2D eigenvalue weighted by molar-refractivity contribution is 0.938. The summed E-state index contributed by atoms with van der Waals surface area (Å²) < 4.78 is 0. The van der Waals surface area contributed by atoms with Gasteiger partial charge < -0.3 is 16.0 Å². The summed E-state index contributed by atoms with van der Waals surface area (Å²) in [7, 11) is 0. The number of anilines is 6. The highest BCUT2D eigenvalue weighted by molar-refractivity contribution is 5.68. The first-order valence-electron chi connectivity index (χ1n) is 14.8. The van der Waals surface area contributed by atoms with E-state index in [0.717, 1.165) is 34.1 Å². The van der Waals surface area contributed by atoms with E-state index in [4.69, 9.17) is 0 Å². The van der Waals surface area contributed by atoms with Crippen molar-refractivity contribution in [2.45, 2.75) is 26.7 Å². The monoisotopic (exact) mass is 559 g/mol. The predicted molar refractivity (Wildman–Crippen MR) is 184 cm³/mol. The molecule has 0 heterocycles. The number of rotatable bonds is 9. The first-order valence-corrected chi connectivity index (χ1v) is 14.8. The summed E-state index contributed by atoms with van der Waals surface area (Å²) in [5.41, 5.74) is 14.0. The van der Waals surface area contributed by atoms with Gasteiger partial charge in [-0.2, -0.15) is 0 Å². The SMILES string of the molecule is Cc1ccc(Nc2ccccc2)cc1C(c1cc(Nc2ccccc2)ccc1C)c1cc(Nc2ccccc2)ccc1C. The minimum absolute atomic E-state index is 0.0209. The zero-order valence-corrected chi connectivity index (χ0v) is 24.9. The van der Waals surface area contributed by atoms with Gasteiger partial charge in [-0.05, 0) is 127 Å². The van der Waals surface area contributed by atoms with E-state index >= 15 is 0 Å². The zero-order valence-electron chi connectivity index (χ0n) is 24.9. The minimum atomic E-state index is 0.0209. The van der Waals surface area contributed by atoms with Crippen molar-refractivity contribution in [3.8, 4) is 0 Å². The van der Waals surface area contributed by atoms with Gasteiger partial charge in [-0.25, -0.2) is 0 Å². The van der Waals surface area contributed by atoms with Crippen LogP contribution in [0.2, 0.25) is 0 Å². The van der Waals surface area contributed by atoms with Gasteiger partial charge in [-0.3, -0.25) is 0 Å². The van der Waals surface area contributed by atoms with Crippen LogP contribution in [0.5, 0.6) is 0 Å². The van der Waals surface area contributed by atoms with Gasteiger partial charge in [0.05, 0.1) is 0 Å². The number of aryl methyl sites for hydroxylation is 3. The van der Waals surface area contributed by atoms with Crippen molar-refractivity contribution >= 4 is 34.1 Å². The molecular formula is C40H37N3. The quantitative estimate of drug-likeness (QED) is 0.154. The van der Waals surface area contributed by atoms with Crippen molar-refractivity contribution in [3.63, 3.8) is 0 Å². The van der Waals surface area contributed by atoms with Crippen LogP contribution < -0.4 is 16.0 Å². The van der Waals surface area contributed by atoms with E-state index in [1.165, 1.54) is 33.4 Å². The molecule has 0 aliphatic carbocycles. The predicted octanol–water partition coefficient (Wildman–Crippen LogP) is 11.0. The van der Waals surface area contributed by atoms with Gasteiger partial charge in [0.25, 0.3) is 0 Å². The van der Waals surface area contributed by atoms with Crippen molar-refractivity contribution in [2.24, 2.45) is 0 Å². The Balaban J connectivity index is 1.49. The lowest BCUT2D eigenvalue weighted by Gasteiger charge is -2.26. The summed E-state index contributed by atoms with van der Waals surface area (Å²) in [6.07, 6.45) is 0. The average Bonchev–Trinajstić information content (AvgIpc) is 3.03. The molecule has 0 aliphatic rings. The highest BCUT2D eigenvalue weighted by atomic mass is 14.9. The normalized spacial score (nSPS) is 10.9. The molecule has 0 atom stereocenters. The molecule has 6 rings (SSSR count). The molecular weight excluding hydrogens is 522 g/mol. The van der Waals surface area contributed by atoms with Crippen LogP contribution in [-0.2, 0) is 0 Å². The Morgan fingerprint density at radius 3 is 0.884 bits per heavy atom. The van der Waals surface area contributed by atoms with Crippen LogP contribution >= 0.6 is 0 Å². The number of hydrogen-bond acceptors (Lipinski definition) is 3. The molecule has 0 saturated carbocycles. The van der Waals surface area contributed by atoms with Gasteiger partial charge in [0.15, 0.2) is 0 Å². The Morgan fingerprint density at radius 2 is 0.605 bits per heavy atom. The highest BCUT2D eigenvalue weighted by Gasteiger charge is 2.24. The Hall–Kier alpha value is -5.28. The lowest BCUT2D eigenvalue weighted by Crippen LogP contribution is -2.10. The van der Waals surface area contributed by atoms with Crippen molar-refractivity contribution in [3.05, 3.63) is 179 Å². The number of nitrogens with one attached hydrogen (secondary N) is 3. The van der Waals surface area contributed by atoms with E-state index in [1.807, 2.05) is 18.2 Å². The first kappa shape index (κ1) is 27.9. The molecule has 3 heteroatoms. The van der Waals surface area contributed by atoms with Gasteiger partial charge in [0.2, 0.25) is 0 Å². The molecule has 0 saturated heterocycles. The van der Waals surface area contributed by atoms with Crippen LogP contribution in [0.3, 0.4) is 0 Å². The van der Waals surface area contributed by atoms with Crippen LogP contribution in [0.15, 0.2) is 146 Å². The molecule has 0 fully saturated rings. The van der Waals surface area contributed by atoms with Gasteiger partial charge >= 0.3 is 0 Å². The van der Waals surface area contributed by atoms with Gasteiger partial charge in [0, 0.05) is 40.0 Å². The first-order chi connectivity index (χ1) is 21.0. The Bertz CT molecular complexity index is 1600. The van der Waals surface area contributed by atoms with Crippen LogP contribution in [-0.4, -0.2) is 0 Å². The highest BCUT2D eigenvalue weighted by Crippen LogP contribution is 2.41. The third-order valence-corrected chi connectivity index (χ3v) is 7.96. The Labute approximate surface area is 255 Å². The van der Waals surface area contributed by atoms with Crippen molar-refractivity contribution in [1.82, 2.24) is 0 Å². The fourth-order valence-corrected chi connectivity index (χ4v) is 5.65. The summed E-state index contributed by atoms with van der Waals surface area (Å²) >= 11 is 0. The molecule has 3 N–H and O–H groups in total. The maximum atomic E-state index is 3.62. The van der Waals surface area contributed by atoms with Gasteiger partial charge in [0.1, 0.15) is 0 Å². The minimum Gasteiger partial charge on any atom is -0.356 e. The molecule has 3 nitrogen and oxygen atoms in total. The molecule has 0 radical (unpaired) electrons. The van der Waals surface area contributed by atoms with Crippen LogP contribution in [0.4, 0.5) is 34.1 Å². The molecule has 6 aromatic carbocycles. The molecule has 0 aromatic heterocycles. The number of para-hydroxylation sites is 3. The fourth-order valence-electron chi connectivity index (χ4n) is 5.65. The molecule has 0 spiro atoms. The fraction of sp³-hybridized carbons (Fsp3) is 0.100. The third-order valence-electron chi connectivity index (χ3n) is 7.96. The van der Waals surface area contributed by atoms with Crippen LogP contribution in [0.1, 0.15) is 39.3 Å². The summed E-state index contributed by atoms with van der Waals surface area (Å²) in [6.45, 7) is 6.66. The van der Waals surface area contributed by atoms with Gasteiger partial charge in [-0.1, -0.05) is 72.8 Å². The zero-order chi connectivity index (χ0) is 29.6. The third kappa shape index (κ3) is 6.63. The smallest absolute Gasteiger partial charge is 0.0387 e. The molecule has 212 valence electrons. The Kier molecular flexibility index (Phi) is 8.24. The number of benzene rings is 6. The Morgan fingerprint density at radius 1 is 0.326 bits per heavy atom. The second kappa shape index (κ2) is 12.7. The second-order valence-electron chi connectivity index (χ2n) is 11.1. The van der Waals surface area contributed by atoms with E-state index < -0.39 is 0 Å². The molecule has 43 heavy (non-hydrogen) atoms.